The van der Waals surface area contributed by atoms with Crippen LogP contribution in [0.3, 0.4) is 0 Å². The molecule has 0 saturated carbocycles. The fraction of sp³-hybridized carbons (Fsp3) is 0.471. The predicted octanol–water partition coefficient (Wildman–Crippen LogP) is 2.00. The molecule has 0 aromatic carbocycles. The summed E-state index contributed by atoms with van der Waals surface area (Å²) in [5, 5.41) is 8.55. The Labute approximate surface area is 145 Å². The van der Waals surface area contributed by atoms with Crippen molar-refractivity contribution in [3.8, 4) is 11.4 Å². The minimum absolute atomic E-state index is 0.411. The van der Waals surface area contributed by atoms with E-state index in [4.69, 9.17) is 4.52 Å². The average Bonchev–Trinajstić information content (AvgIpc) is 3.32. The van der Waals surface area contributed by atoms with Crippen LogP contribution in [0.25, 0.3) is 11.4 Å². The number of pyridine rings is 1. The number of hydrogen-bond donors (Lipinski definition) is 0. The van der Waals surface area contributed by atoms with Gasteiger partial charge in [0.25, 0.3) is 0 Å². The largest absolute Gasteiger partial charge is 0.338 e. The molecule has 0 amide bonds. The van der Waals surface area contributed by atoms with E-state index < -0.39 is 0 Å². The molecule has 3 aromatic rings. The lowest BCUT2D eigenvalue weighted by atomic mass is 10.2. The van der Waals surface area contributed by atoms with Gasteiger partial charge in [-0.25, -0.2) is 9.67 Å². The molecule has 0 unspecified atom stereocenters. The van der Waals surface area contributed by atoms with Gasteiger partial charge < -0.3 is 4.52 Å². The lowest BCUT2D eigenvalue weighted by Gasteiger charge is -2.22. The van der Waals surface area contributed by atoms with Gasteiger partial charge in [0.15, 0.2) is 0 Å². The van der Waals surface area contributed by atoms with Crippen molar-refractivity contribution in [1.29, 1.82) is 0 Å². The van der Waals surface area contributed by atoms with Gasteiger partial charge in [0.05, 0.1) is 13.1 Å². The first-order chi connectivity index (χ1) is 12.2. The molecule has 4 heterocycles. The highest BCUT2D eigenvalue weighted by Crippen LogP contribution is 2.22. The third-order valence-corrected chi connectivity index (χ3v) is 4.57. The van der Waals surface area contributed by atoms with Gasteiger partial charge in [-0.3, -0.25) is 9.88 Å². The van der Waals surface area contributed by atoms with E-state index in [0.717, 1.165) is 36.7 Å². The Morgan fingerprint density at radius 2 is 2.20 bits per heavy atom. The third kappa shape index (κ3) is 3.43. The smallest absolute Gasteiger partial charge is 0.241 e. The summed E-state index contributed by atoms with van der Waals surface area (Å²) < 4.78 is 7.44. The molecule has 1 aliphatic heterocycles. The van der Waals surface area contributed by atoms with Crippen molar-refractivity contribution in [2.24, 2.45) is 0 Å². The second kappa shape index (κ2) is 6.72. The van der Waals surface area contributed by atoms with Crippen LogP contribution in [-0.2, 0) is 13.1 Å². The number of rotatable bonds is 5. The van der Waals surface area contributed by atoms with Crippen LogP contribution in [0.2, 0.25) is 0 Å². The average molecular weight is 339 g/mol. The van der Waals surface area contributed by atoms with Crippen molar-refractivity contribution in [2.75, 3.05) is 6.54 Å². The maximum atomic E-state index is 5.44. The van der Waals surface area contributed by atoms with Crippen LogP contribution in [-0.4, -0.2) is 47.4 Å². The van der Waals surface area contributed by atoms with E-state index in [-0.39, 0.29) is 0 Å². The number of aromatic nitrogens is 6. The van der Waals surface area contributed by atoms with Gasteiger partial charge in [-0.15, -0.1) is 0 Å². The summed E-state index contributed by atoms with van der Waals surface area (Å²) in [5.41, 5.74) is 0.865. The van der Waals surface area contributed by atoms with E-state index in [1.54, 1.807) is 12.4 Å². The molecule has 1 saturated heterocycles. The molecule has 8 heteroatoms. The van der Waals surface area contributed by atoms with Crippen LogP contribution in [0.5, 0.6) is 0 Å². The lowest BCUT2D eigenvalue weighted by Crippen LogP contribution is -2.33. The molecule has 0 aliphatic carbocycles. The fourth-order valence-electron chi connectivity index (χ4n) is 3.35. The van der Waals surface area contributed by atoms with Crippen molar-refractivity contribution in [2.45, 2.75) is 45.8 Å². The van der Waals surface area contributed by atoms with Gasteiger partial charge in [0.2, 0.25) is 11.7 Å². The fourth-order valence-corrected chi connectivity index (χ4v) is 3.35. The van der Waals surface area contributed by atoms with Crippen molar-refractivity contribution in [3.63, 3.8) is 0 Å². The van der Waals surface area contributed by atoms with Crippen LogP contribution < -0.4 is 0 Å². The van der Waals surface area contributed by atoms with E-state index in [2.05, 4.69) is 30.1 Å². The molecule has 0 bridgehead atoms. The second-order valence-corrected chi connectivity index (χ2v) is 6.41. The quantitative estimate of drug-likeness (QED) is 0.703. The minimum Gasteiger partial charge on any atom is -0.338 e. The highest BCUT2D eigenvalue weighted by Gasteiger charge is 2.27. The number of hydrogen-bond acceptors (Lipinski definition) is 7. The molecule has 8 nitrogen and oxygen atoms in total. The molecular weight excluding hydrogens is 318 g/mol. The predicted molar refractivity (Wildman–Crippen MR) is 90.5 cm³/mol. The Balaban J connectivity index is 1.45. The first kappa shape index (κ1) is 15.9. The zero-order chi connectivity index (χ0) is 17.2. The van der Waals surface area contributed by atoms with Crippen molar-refractivity contribution >= 4 is 0 Å². The van der Waals surface area contributed by atoms with Gasteiger partial charge in [-0.1, -0.05) is 5.16 Å². The Bertz CT molecular complexity index is 842. The standard InChI is InChI=1S/C17H21N7O/c1-12-19-13(2)24(21-12)10-15-6-4-8-23(15)11-16-20-17(22-25-16)14-5-3-7-18-9-14/h3,5,7,9,15H,4,6,8,10-11H2,1-2H3/t15-/m1/s1. The summed E-state index contributed by atoms with van der Waals surface area (Å²) in [5.74, 6) is 3.00. The molecule has 0 N–H and O–H groups in total. The summed E-state index contributed by atoms with van der Waals surface area (Å²) in [4.78, 5) is 15.4. The van der Waals surface area contributed by atoms with E-state index >= 15 is 0 Å². The number of likely N-dealkylation sites (tertiary alicyclic amines) is 1. The third-order valence-electron chi connectivity index (χ3n) is 4.57. The highest BCUT2D eigenvalue weighted by molar-refractivity contribution is 5.51. The van der Waals surface area contributed by atoms with Gasteiger partial charge in [0.1, 0.15) is 11.6 Å². The van der Waals surface area contributed by atoms with Gasteiger partial charge >= 0.3 is 0 Å². The topological polar surface area (TPSA) is 85.8 Å². The van der Waals surface area contributed by atoms with Crippen LogP contribution in [0.4, 0.5) is 0 Å². The van der Waals surface area contributed by atoms with Crippen LogP contribution >= 0.6 is 0 Å². The molecule has 1 atom stereocenters. The summed E-state index contributed by atoms with van der Waals surface area (Å²) >= 11 is 0. The monoisotopic (exact) mass is 339 g/mol. The van der Waals surface area contributed by atoms with Crippen molar-refractivity contribution < 1.29 is 4.52 Å². The minimum atomic E-state index is 0.411. The number of aryl methyl sites for hydroxylation is 2. The zero-order valence-electron chi connectivity index (χ0n) is 14.5. The Morgan fingerprint density at radius 1 is 1.28 bits per heavy atom. The van der Waals surface area contributed by atoms with Gasteiger partial charge in [-0.05, 0) is 45.4 Å². The molecule has 0 radical (unpaired) electrons. The Morgan fingerprint density at radius 3 is 2.96 bits per heavy atom. The molecule has 4 rings (SSSR count). The normalized spacial score (nSPS) is 18.1. The Hall–Kier alpha value is -2.61. The Kier molecular flexibility index (Phi) is 4.27. The van der Waals surface area contributed by atoms with E-state index in [0.29, 0.717) is 24.3 Å². The van der Waals surface area contributed by atoms with Gasteiger partial charge in [0, 0.05) is 24.0 Å². The first-order valence-corrected chi connectivity index (χ1v) is 8.54. The number of nitrogens with zero attached hydrogens (tertiary/aromatic N) is 7. The van der Waals surface area contributed by atoms with Crippen LogP contribution in [0, 0.1) is 13.8 Å². The molecule has 130 valence electrons. The van der Waals surface area contributed by atoms with E-state index in [1.807, 2.05) is 30.7 Å². The zero-order valence-corrected chi connectivity index (χ0v) is 14.5. The summed E-state index contributed by atoms with van der Waals surface area (Å²) in [6.07, 6.45) is 5.78. The van der Waals surface area contributed by atoms with E-state index in [9.17, 15) is 0 Å². The van der Waals surface area contributed by atoms with Gasteiger partial charge in [-0.2, -0.15) is 10.1 Å². The van der Waals surface area contributed by atoms with Crippen LogP contribution in [0.15, 0.2) is 29.0 Å². The highest BCUT2D eigenvalue weighted by atomic mass is 16.5. The maximum absolute atomic E-state index is 5.44. The van der Waals surface area contributed by atoms with Crippen LogP contribution in [0.1, 0.15) is 30.4 Å². The molecule has 3 aromatic heterocycles. The summed E-state index contributed by atoms with van der Waals surface area (Å²) in [7, 11) is 0. The summed E-state index contributed by atoms with van der Waals surface area (Å²) in [6.45, 7) is 6.45. The van der Waals surface area contributed by atoms with Crippen molar-refractivity contribution in [3.05, 3.63) is 42.1 Å². The molecule has 1 aliphatic rings. The molecule has 25 heavy (non-hydrogen) atoms. The maximum Gasteiger partial charge on any atom is 0.241 e. The SMILES string of the molecule is Cc1nc(C)n(C[C@H]2CCCN2Cc2nc(-c3cccnc3)no2)n1. The lowest BCUT2D eigenvalue weighted by molar-refractivity contribution is 0.191. The summed E-state index contributed by atoms with van der Waals surface area (Å²) in [6, 6.07) is 4.20. The second-order valence-electron chi connectivity index (χ2n) is 6.41. The molecular formula is C17H21N7O. The van der Waals surface area contributed by atoms with E-state index in [1.165, 1.54) is 6.42 Å². The molecule has 1 fully saturated rings. The van der Waals surface area contributed by atoms with Crippen molar-refractivity contribution in [1.82, 2.24) is 34.8 Å². The first-order valence-electron chi connectivity index (χ1n) is 8.54. The molecule has 0 spiro atoms.